The van der Waals surface area contributed by atoms with Crippen molar-refractivity contribution in [2.45, 2.75) is 112 Å². The fourth-order valence-electron chi connectivity index (χ4n) is 11.5. The number of aliphatic hydroxyl groups excluding tert-OH is 2. The summed E-state index contributed by atoms with van der Waals surface area (Å²) in [6.07, 6.45) is 12.2. The molecule has 5 rings (SSSR count). The lowest BCUT2D eigenvalue weighted by atomic mass is 9.32. The molecule has 2 heteroatoms. The zero-order chi connectivity index (χ0) is 23.3. The molecule has 5 aliphatic carbocycles. The molecule has 0 aromatic rings. The summed E-state index contributed by atoms with van der Waals surface area (Å²) >= 11 is 0. The van der Waals surface area contributed by atoms with E-state index in [0.29, 0.717) is 40.6 Å². The van der Waals surface area contributed by atoms with E-state index in [1.54, 1.807) is 0 Å². The van der Waals surface area contributed by atoms with Gasteiger partial charge in [-0.15, -0.1) is 0 Å². The van der Waals surface area contributed by atoms with Crippen LogP contribution in [0.15, 0.2) is 12.2 Å². The minimum Gasteiger partial charge on any atom is -0.396 e. The van der Waals surface area contributed by atoms with Gasteiger partial charge in [-0.3, -0.25) is 0 Å². The minimum absolute atomic E-state index is 0.0290. The summed E-state index contributed by atoms with van der Waals surface area (Å²) in [5.41, 5.74) is 2.60. The van der Waals surface area contributed by atoms with Crippen molar-refractivity contribution in [2.75, 3.05) is 6.61 Å². The smallest absolute Gasteiger partial charge is 0.0594 e. The Balaban J connectivity index is 1.55. The zero-order valence-electron chi connectivity index (χ0n) is 21.8. The molecule has 0 aromatic heterocycles. The van der Waals surface area contributed by atoms with Gasteiger partial charge in [0, 0.05) is 6.61 Å². The van der Waals surface area contributed by atoms with Crippen LogP contribution in [0.2, 0.25) is 0 Å². The van der Waals surface area contributed by atoms with Crippen LogP contribution in [0.4, 0.5) is 0 Å². The van der Waals surface area contributed by atoms with Gasteiger partial charge in [-0.2, -0.15) is 0 Å². The van der Waals surface area contributed by atoms with Crippen molar-refractivity contribution in [3.05, 3.63) is 12.2 Å². The monoisotopic (exact) mass is 442 g/mol. The Kier molecular flexibility index (Phi) is 5.19. The Labute approximate surface area is 197 Å². The maximum Gasteiger partial charge on any atom is 0.0594 e. The third kappa shape index (κ3) is 2.66. The number of rotatable bonds is 2. The molecule has 2 N–H and O–H groups in total. The van der Waals surface area contributed by atoms with Gasteiger partial charge in [-0.05, 0) is 128 Å². The van der Waals surface area contributed by atoms with E-state index in [1.165, 1.54) is 63.4 Å². The molecule has 0 spiro atoms. The van der Waals surface area contributed by atoms with Crippen molar-refractivity contribution in [1.29, 1.82) is 0 Å². The van der Waals surface area contributed by atoms with Crippen molar-refractivity contribution in [3.8, 4) is 0 Å². The standard InChI is InChI=1S/C30H50O2/c1-19(2)20-10-15-30(18-31)17-16-28(6)21(25(20)30)8-9-23-27(5)13-12-24(32)26(3,4)22(27)11-14-29(23,28)7/h20-25,31-32H,1,8-18H2,2-7H3/t20-,21+,22?,23+,24-,25+,27-,28?,29+,30+/m0/s1. The lowest BCUT2D eigenvalue weighted by Gasteiger charge is -2.73. The van der Waals surface area contributed by atoms with E-state index in [1.807, 2.05) is 0 Å². The molecule has 0 bridgehead atoms. The van der Waals surface area contributed by atoms with Crippen LogP contribution in [-0.2, 0) is 0 Å². The zero-order valence-corrected chi connectivity index (χ0v) is 21.8. The summed E-state index contributed by atoms with van der Waals surface area (Å²) in [5.74, 6) is 3.33. The molecule has 0 radical (unpaired) electrons. The number of hydrogen-bond donors (Lipinski definition) is 2. The molecule has 2 unspecified atom stereocenters. The number of fused-ring (bicyclic) bond motifs is 7. The molecule has 0 heterocycles. The predicted molar refractivity (Wildman–Crippen MR) is 132 cm³/mol. The summed E-state index contributed by atoms with van der Waals surface area (Å²) in [7, 11) is 0. The highest BCUT2D eigenvalue weighted by Gasteiger charge is 2.70. The van der Waals surface area contributed by atoms with E-state index < -0.39 is 0 Å². The van der Waals surface area contributed by atoms with Crippen LogP contribution >= 0.6 is 0 Å². The van der Waals surface area contributed by atoms with Crippen molar-refractivity contribution in [1.82, 2.24) is 0 Å². The Morgan fingerprint density at radius 1 is 0.812 bits per heavy atom. The minimum atomic E-state index is -0.147. The molecule has 5 aliphatic rings. The fourth-order valence-corrected chi connectivity index (χ4v) is 11.5. The van der Waals surface area contributed by atoms with Gasteiger partial charge < -0.3 is 10.2 Å². The van der Waals surface area contributed by atoms with Gasteiger partial charge in [0.1, 0.15) is 0 Å². The molecule has 5 fully saturated rings. The van der Waals surface area contributed by atoms with Gasteiger partial charge in [0.15, 0.2) is 0 Å². The molecule has 0 aromatic carbocycles. The summed E-state index contributed by atoms with van der Waals surface area (Å²) in [4.78, 5) is 0. The molecule has 0 aliphatic heterocycles. The first-order chi connectivity index (χ1) is 14.9. The second-order valence-corrected chi connectivity index (χ2v) is 14.6. The third-order valence-corrected chi connectivity index (χ3v) is 13.5. The van der Waals surface area contributed by atoms with Gasteiger partial charge in [0.05, 0.1) is 6.10 Å². The number of allylic oxidation sites excluding steroid dienone is 1. The molecule has 0 saturated heterocycles. The topological polar surface area (TPSA) is 40.5 Å². The summed E-state index contributed by atoms with van der Waals surface area (Å²) in [5, 5.41) is 21.5. The summed E-state index contributed by atoms with van der Waals surface area (Å²) in [6.45, 7) is 19.7. The average molecular weight is 443 g/mol. The van der Waals surface area contributed by atoms with E-state index >= 15 is 0 Å². The van der Waals surface area contributed by atoms with E-state index in [-0.39, 0.29) is 16.9 Å². The van der Waals surface area contributed by atoms with Gasteiger partial charge in [0.2, 0.25) is 0 Å². The second-order valence-electron chi connectivity index (χ2n) is 14.6. The van der Waals surface area contributed by atoms with Crippen LogP contribution in [0.25, 0.3) is 0 Å². The summed E-state index contributed by atoms with van der Waals surface area (Å²) < 4.78 is 0. The molecule has 32 heavy (non-hydrogen) atoms. The highest BCUT2D eigenvalue weighted by molar-refractivity contribution is 5.21. The first-order valence-corrected chi connectivity index (χ1v) is 13.8. The van der Waals surface area contributed by atoms with Crippen molar-refractivity contribution in [3.63, 3.8) is 0 Å². The predicted octanol–water partition coefficient (Wildman–Crippen LogP) is 7.00. The van der Waals surface area contributed by atoms with Crippen LogP contribution in [0.5, 0.6) is 0 Å². The van der Waals surface area contributed by atoms with E-state index in [0.717, 1.165) is 18.3 Å². The van der Waals surface area contributed by atoms with E-state index in [9.17, 15) is 10.2 Å². The maximum absolute atomic E-state index is 10.9. The number of hydrogen-bond acceptors (Lipinski definition) is 2. The van der Waals surface area contributed by atoms with Gasteiger partial charge in [-0.1, -0.05) is 46.8 Å². The summed E-state index contributed by atoms with van der Waals surface area (Å²) in [6, 6.07) is 0. The van der Waals surface area contributed by atoms with Crippen molar-refractivity contribution < 1.29 is 10.2 Å². The lowest BCUT2D eigenvalue weighted by Crippen LogP contribution is -2.66. The largest absolute Gasteiger partial charge is 0.396 e. The molecule has 5 saturated carbocycles. The van der Waals surface area contributed by atoms with Crippen LogP contribution in [0.3, 0.4) is 0 Å². The normalized spacial score (nSPS) is 56.5. The molecule has 0 amide bonds. The lowest BCUT2D eigenvalue weighted by molar-refractivity contribution is -0.249. The van der Waals surface area contributed by atoms with Gasteiger partial charge >= 0.3 is 0 Å². The molecular formula is C30H50O2. The first-order valence-electron chi connectivity index (χ1n) is 13.8. The molecule has 10 atom stereocenters. The second kappa shape index (κ2) is 7.09. The quantitative estimate of drug-likeness (QED) is 0.452. The molecular weight excluding hydrogens is 392 g/mol. The van der Waals surface area contributed by atoms with Crippen LogP contribution in [0.1, 0.15) is 106 Å². The maximum atomic E-state index is 10.9. The van der Waals surface area contributed by atoms with Gasteiger partial charge in [0.25, 0.3) is 0 Å². The van der Waals surface area contributed by atoms with Crippen molar-refractivity contribution >= 4 is 0 Å². The van der Waals surface area contributed by atoms with Crippen LogP contribution in [-0.4, -0.2) is 22.9 Å². The SMILES string of the molecule is C=C(C)[C@@H]1CC[C@]2(CO)CCC3(C)[C@H](CC[C@@H]4[C@@]5(C)CC[C@H](O)C(C)(C)C5CC[C@]43C)[C@@H]12. The Bertz CT molecular complexity index is 786. The number of aliphatic hydroxyl groups is 2. The van der Waals surface area contributed by atoms with E-state index in [4.69, 9.17) is 0 Å². The van der Waals surface area contributed by atoms with Crippen LogP contribution in [0, 0.1) is 56.7 Å². The molecule has 182 valence electrons. The van der Waals surface area contributed by atoms with E-state index in [2.05, 4.69) is 48.1 Å². The van der Waals surface area contributed by atoms with Crippen molar-refractivity contribution in [2.24, 2.45) is 56.7 Å². The highest BCUT2D eigenvalue weighted by Crippen LogP contribution is 2.77. The average Bonchev–Trinajstić information content (AvgIpc) is 3.12. The Morgan fingerprint density at radius 3 is 2.19 bits per heavy atom. The third-order valence-electron chi connectivity index (χ3n) is 13.5. The highest BCUT2D eigenvalue weighted by atomic mass is 16.3. The Morgan fingerprint density at radius 2 is 1.53 bits per heavy atom. The van der Waals surface area contributed by atoms with Gasteiger partial charge in [-0.25, -0.2) is 0 Å². The van der Waals surface area contributed by atoms with Crippen LogP contribution < -0.4 is 0 Å². The Hall–Kier alpha value is -0.340. The first kappa shape index (κ1) is 23.4. The fraction of sp³-hybridized carbons (Fsp3) is 0.933. The molecule has 2 nitrogen and oxygen atoms in total.